The van der Waals surface area contributed by atoms with Crippen molar-refractivity contribution in [2.75, 3.05) is 12.0 Å². The molecule has 0 aliphatic rings. The van der Waals surface area contributed by atoms with Gasteiger partial charge in [-0.1, -0.05) is 11.3 Å². The third kappa shape index (κ3) is 3.61. The Morgan fingerprint density at radius 3 is 2.95 bits per heavy atom. The normalized spacial score (nSPS) is 10.7. The maximum atomic E-state index is 11.6. The Bertz CT molecular complexity index is 610. The molecule has 0 spiro atoms. The van der Waals surface area contributed by atoms with E-state index in [2.05, 4.69) is 20.5 Å². The van der Waals surface area contributed by atoms with Crippen molar-refractivity contribution in [2.45, 2.75) is 13.8 Å². The van der Waals surface area contributed by atoms with Crippen LogP contribution in [0, 0.1) is 6.92 Å². The maximum Gasteiger partial charge on any atom is 0.350 e. The lowest BCUT2D eigenvalue weighted by atomic mass is 10.3. The maximum absolute atomic E-state index is 11.6. The van der Waals surface area contributed by atoms with Crippen molar-refractivity contribution in [3.8, 4) is 0 Å². The first kappa shape index (κ1) is 14.1. The smallest absolute Gasteiger partial charge is 0.350 e. The van der Waals surface area contributed by atoms with E-state index in [4.69, 9.17) is 4.74 Å². The Kier molecular flexibility index (Phi) is 4.78. The summed E-state index contributed by atoms with van der Waals surface area (Å²) in [5, 5.41) is 4.62. The van der Waals surface area contributed by atoms with Crippen LogP contribution in [0.3, 0.4) is 0 Å². The lowest BCUT2D eigenvalue weighted by Crippen LogP contribution is -2.03. The lowest BCUT2D eigenvalue weighted by Gasteiger charge is -1.97. The van der Waals surface area contributed by atoms with Gasteiger partial charge in [0.05, 0.1) is 18.5 Å². The summed E-state index contributed by atoms with van der Waals surface area (Å²) in [4.78, 5) is 20.3. The largest absolute Gasteiger partial charge is 0.462 e. The topological polar surface area (TPSA) is 76.5 Å². The average molecular weight is 290 g/mol. The number of pyridine rings is 1. The van der Waals surface area contributed by atoms with Crippen LogP contribution < -0.4 is 5.43 Å². The fourth-order valence-corrected chi connectivity index (χ4v) is 2.25. The highest BCUT2D eigenvalue weighted by atomic mass is 32.1. The standard InChI is InChI=1S/C13H14N4O2S/c1-3-19-12(18)11-9(2)16-13(20-11)17-15-8-10-4-6-14-7-5-10/h4-8H,3H2,1-2H3,(H,16,17)/b15-8+. The quantitative estimate of drug-likeness (QED) is 0.520. The van der Waals surface area contributed by atoms with Crippen LogP contribution in [0.1, 0.15) is 27.9 Å². The average Bonchev–Trinajstić information content (AvgIpc) is 2.81. The Balaban J connectivity index is 2.02. The summed E-state index contributed by atoms with van der Waals surface area (Å²) in [7, 11) is 0. The van der Waals surface area contributed by atoms with Crippen molar-refractivity contribution in [2.24, 2.45) is 5.10 Å². The zero-order chi connectivity index (χ0) is 14.4. The minimum atomic E-state index is -0.353. The highest BCUT2D eigenvalue weighted by Gasteiger charge is 2.15. The summed E-state index contributed by atoms with van der Waals surface area (Å²) in [5.41, 5.74) is 4.36. The number of carbonyl (C=O) groups is 1. The third-order valence-corrected chi connectivity index (χ3v) is 3.38. The molecule has 0 unspecified atom stereocenters. The van der Waals surface area contributed by atoms with Crippen molar-refractivity contribution in [3.05, 3.63) is 40.7 Å². The molecule has 2 aromatic heterocycles. The van der Waals surface area contributed by atoms with Gasteiger partial charge in [-0.2, -0.15) is 5.10 Å². The van der Waals surface area contributed by atoms with Gasteiger partial charge in [-0.3, -0.25) is 10.4 Å². The summed E-state index contributed by atoms with van der Waals surface area (Å²) in [6, 6.07) is 3.67. The summed E-state index contributed by atoms with van der Waals surface area (Å²) >= 11 is 1.22. The molecule has 0 saturated carbocycles. The Hall–Kier alpha value is -2.28. The van der Waals surface area contributed by atoms with Crippen LogP contribution in [0.4, 0.5) is 5.13 Å². The molecule has 2 aromatic rings. The Morgan fingerprint density at radius 1 is 1.50 bits per heavy atom. The second kappa shape index (κ2) is 6.76. The van der Waals surface area contributed by atoms with Crippen LogP contribution in [-0.4, -0.2) is 28.8 Å². The molecular formula is C13H14N4O2S. The summed E-state index contributed by atoms with van der Waals surface area (Å²) in [5.74, 6) is -0.353. The molecule has 2 heterocycles. The number of carbonyl (C=O) groups excluding carboxylic acids is 1. The number of aromatic nitrogens is 2. The molecule has 0 bridgehead atoms. The van der Waals surface area contributed by atoms with E-state index in [1.165, 1.54) is 11.3 Å². The van der Waals surface area contributed by atoms with E-state index in [0.717, 1.165) is 5.56 Å². The van der Waals surface area contributed by atoms with Gasteiger partial charge in [-0.05, 0) is 31.5 Å². The molecule has 0 aliphatic heterocycles. The molecule has 0 saturated heterocycles. The number of rotatable bonds is 5. The predicted molar refractivity (Wildman–Crippen MR) is 78.3 cm³/mol. The number of nitrogens with zero attached hydrogens (tertiary/aromatic N) is 3. The minimum Gasteiger partial charge on any atom is -0.462 e. The molecule has 0 amide bonds. The van der Waals surface area contributed by atoms with E-state index in [-0.39, 0.29) is 5.97 Å². The number of thiazole rings is 1. The highest BCUT2D eigenvalue weighted by molar-refractivity contribution is 7.17. The van der Waals surface area contributed by atoms with Gasteiger partial charge in [-0.25, -0.2) is 9.78 Å². The zero-order valence-corrected chi connectivity index (χ0v) is 12.0. The lowest BCUT2D eigenvalue weighted by molar-refractivity contribution is 0.0531. The van der Waals surface area contributed by atoms with E-state index in [1.807, 2.05) is 12.1 Å². The number of esters is 1. The van der Waals surface area contributed by atoms with Crippen LogP contribution in [0.15, 0.2) is 29.6 Å². The van der Waals surface area contributed by atoms with Crippen molar-refractivity contribution < 1.29 is 9.53 Å². The first-order valence-electron chi connectivity index (χ1n) is 6.04. The second-order valence-corrected chi connectivity index (χ2v) is 4.80. The number of anilines is 1. The van der Waals surface area contributed by atoms with Crippen molar-refractivity contribution >= 4 is 28.7 Å². The van der Waals surface area contributed by atoms with E-state index < -0.39 is 0 Å². The van der Waals surface area contributed by atoms with Gasteiger partial charge in [0.15, 0.2) is 0 Å². The fourth-order valence-electron chi connectivity index (χ4n) is 1.44. The monoisotopic (exact) mass is 290 g/mol. The molecule has 2 rings (SSSR count). The number of hydrogen-bond acceptors (Lipinski definition) is 7. The van der Waals surface area contributed by atoms with Gasteiger partial charge < -0.3 is 4.74 Å². The minimum absolute atomic E-state index is 0.346. The van der Waals surface area contributed by atoms with Crippen molar-refractivity contribution in [1.29, 1.82) is 0 Å². The highest BCUT2D eigenvalue weighted by Crippen LogP contribution is 2.23. The molecule has 0 atom stereocenters. The SMILES string of the molecule is CCOC(=O)c1sc(N/N=C/c2ccncc2)nc1C. The van der Waals surface area contributed by atoms with E-state index in [0.29, 0.717) is 22.3 Å². The molecule has 20 heavy (non-hydrogen) atoms. The van der Waals surface area contributed by atoms with Gasteiger partial charge in [0.1, 0.15) is 4.88 Å². The van der Waals surface area contributed by atoms with E-state index >= 15 is 0 Å². The summed E-state index contributed by atoms with van der Waals surface area (Å²) < 4.78 is 4.95. The Morgan fingerprint density at radius 2 is 2.25 bits per heavy atom. The number of ether oxygens (including phenoxy) is 1. The van der Waals surface area contributed by atoms with Crippen LogP contribution in [0.5, 0.6) is 0 Å². The van der Waals surface area contributed by atoms with Gasteiger partial charge >= 0.3 is 5.97 Å². The second-order valence-electron chi connectivity index (χ2n) is 3.80. The number of hydrazone groups is 1. The van der Waals surface area contributed by atoms with E-state index in [1.54, 1.807) is 32.5 Å². The zero-order valence-electron chi connectivity index (χ0n) is 11.2. The summed E-state index contributed by atoms with van der Waals surface area (Å²) in [6.07, 6.45) is 5.03. The van der Waals surface area contributed by atoms with Gasteiger partial charge in [0, 0.05) is 12.4 Å². The van der Waals surface area contributed by atoms with Gasteiger partial charge in [0.2, 0.25) is 5.13 Å². The first-order chi connectivity index (χ1) is 9.70. The molecule has 0 fully saturated rings. The van der Waals surface area contributed by atoms with Gasteiger partial charge in [0.25, 0.3) is 0 Å². The Labute approximate surface area is 120 Å². The van der Waals surface area contributed by atoms with Crippen LogP contribution in [0.25, 0.3) is 0 Å². The molecule has 6 nitrogen and oxygen atoms in total. The number of hydrogen-bond donors (Lipinski definition) is 1. The van der Waals surface area contributed by atoms with Crippen LogP contribution in [-0.2, 0) is 4.74 Å². The molecular weight excluding hydrogens is 276 g/mol. The van der Waals surface area contributed by atoms with Crippen molar-refractivity contribution in [3.63, 3.8) is 0 Å². The molecule has 104 valence electrons. The fraction of sp³-hybridized carbons (Fsp3) is 0.231. The molecule has 0 aliphatic carbocycles. The first-order valence-corrected chi connectivity index (χ1v) is 6.86. The van der Waals surface area contributed by atoms with Crippen LogP contribution in [0.2, 0.25) is 0 Å². The van der Waals surface area contributed by atoms with Crippen LogP contribution >= 0.6 is 11.3 Å². The number of nitrogens with one attached hydrogen (secondary N) is 1. The third-order valence-electron chi connectivity index (χ3n) is 2.34. The predicted octanol–water partition coefficient (Wildman–Crippen LogP) is 2.47. The van der Waals surface area contributed by atoms with Crippen molar-refractivity contribution in [1.82, 2.24) is 9.97 Å². The van der Waals surface area contributed by atoms with Gasteiger partial charge in [-0.15, -0.1) is 0 Å². The van der Waals surface area contributed by atoms with E-state index in [9.17, 15) is 4.79 Å². The number of aryl methyl sites for hydroxylation is 1. The molecule has 0 radical (unpaired) electrons. The molecule has 7 heteroatoms. The molecule has 0 aromatic carbocycles. The summed E-state index contributed by atoms with van der Waals surface area (Å²) in [6.45, 7) is 3.88. The molecule has 1 N–H and O–H groups in total.